The minimum atomic E-state index is -0.227. The summed E-state index contributed by atoms with van der Waals surface area (Å²) in [6.07, 6.45) is 1.63. The molecule has 1 aliphatic heterocycles. The fourth-order valence-corrected chi connectivity index (χ4v) is 1.53. The number of hydrogen-bond acceptors (Lipinski definition) is 2. The van der Waals surface area contributed by atoms with Crippen LogP contribution in [-0.4, -0.2) is 11.7 Å². The average Bonchev–Trinajstić information content (AvgIpc) is 2.12. The zero-order valence-electron chi connectivity index (χ0n) is 6.60. The summed E-state index contributed by atoms with van der Waals surface area (Å²) < 4.78 is 13.1. The van der Waals surface area contributed by atoms with E-state index in [1.165, 1.54) is 12.1 Å². The van der Waals surface area contributed by atoms with Gasteiger partial charge in [0.2, 0.25) is 0 Å². The minimum absolute atomic E-state index is 0.145. The molecule has 3 heteroatoms. The number of anilines is 1. The Morgan fingerprint density at radius 2 is 2.25 bits per heavy atom. The summed E-state index contributed by atoms with van der Waals surface area (Å²) in [5.74, 6) is -0.0823. The number of phenolic OH excluding ortho intramolecular Hbond substituents is 1. The van der Waals surface area contributed by atoms with Crippen LogP contribution < -0.4 is 5.32 Å². The van der Waals surface area contributed by atoms with Crippen LogP contribution in [0.1, 0.15) is 12.0 Å². The topological polar surface area (TPSA) is 32.3 Å². The first kappa shape index (κ1) is 7.40. The van der Waals surface area contributed by atoms with Gasteiger partial charge in [0.15, 0.2) is 0 Å². The van der Waals surface area contributed by atoms with Crippen LogP contribution in [0.2, 0.25) is 0 Å². The molecule has 0 amide bonds. The second-order valence-electron chi connectivity index (χ2n) is 2.95. The Bertz CT molecular complexity index is 281. The molecule has 2 nitrogen and oxygen atoms in total. The molecule has 0 bridgehead atoms. The van der Waals surface area contributed by atoms with E-state index in [1.54, 1.807) is 0 Å². The molecule has 1 aliphatic rings. The second-order valence-corrected chi connectivity index (χ2v) is 2.95. The van der Waals surface area contributed by atoms with Crippen LogP contribution in [0.4, 0.5) is 10.1 Å². The van der Waals surface area contributed by atoms with E-state index in [0.29, 0.717) is 17.7 Å². The molecule has 0 radical (unpaired) electrons. The maximum absolute atomic E-state index is 13.1. The number of halogens is 1. The summed E-state index contributed by atoms with van der Waals surface area (Å²) >= 11 is 0. The highest BCUT2D eigenvalue weighted by atomic mass is 19.1. The lowest BCUT2D eigenvalue weighted by atomic mass is 10.0. The van der Waals surface area contributed by atoms with E-state index in [4.69, 9.17) is 0 Å². The minimum Gasteiger partial charge on any atom is -0.506 e. The van der Waals surface area contributed by atoms with Gasteiger partial charge in [-0.05, 0) is 25.0 Å². The molecule has 0 saturated carbocycles. The standard InChI is InChI=1S/C9H10FNO/c10-7-3-4-8(12)9-6(7)2-1-5-11-9/h3-4,11-12H,1-2,5H2. The molecule has 0 saturated heterocycles. The fraction of sp³-hybridized carbons (Fsp3) is 0.333. The van der Waals surface area contributed by atoms with Crippen LogP contribution in [0.25, 0.3) is 0 Å². The Morgan fingerprint density at radius 3 is 3.00 bits per heavy atom. The first-order chi connectivity index (χ1) is 5.79. The van der Waals surface area contributed by atoms with Crippen LogP contribution in [0.5, 0.6) is 5.75 Å². The van der Waals surface area contributed by atoms with Crippen molar-refractivity contribution >= 4 is 5.69 Å². The van der Waals surface area contributed by atoms with E-state index in [1.807, 2.05) is 0 Å². The summed E-state index contributed by atoms with van der Waals surface area (Å²) in [6, 6.07) is 2.69. The van der Waals surface area contributed by atoms with Crippen molar-refractivity contribution in [2.24, 2.45) is 0 Å². The molecular formula is C9H10FNO. The Labute approximate surface area is 70.0 Å². The third-order valence-electron chi connectivity index (χ3n) is 2.14. The lowest BCUT2D eigenvalue weighted by Crippen LogP contribution is -2.13. The first-order valence-electron chi connectivity index (χ1n) is 4.03. The third kappa shape index (κ3) is 1.02. The Balaban J connectivity index is 2.57. The molecular weight excluding hydrogens is 157 g/mol. The predicted octanol–water partition coefficient (Wildman–Crippen LogP) is 1.89. The molecule has 0 aliphatic carbocycles. The molecule has 1 aromatic carbocycles. The van der Waals surface area contributed by atoms with E-state index < -0.39 is 0 Å². The van der Waals surface area contributed by atoms with Crippen molar-refractivity contribution in [3.05, 3.63) is 23.5 Å². The molecule has 0 aromatic heterocycles. The average molecular weight is 167 g/mol. The van der Waals surface area contributed by atoms with Crippen LogP contribution >= 0.6 is 0 Å². The molecule has 0 spiro atoms. The molecule has 0 fully saturated rings. The van der Waals surface area contributed by atoms with Crippen molar-refractivity contribution in [2.45, 2.75) is 12.8 Å². The van der Waals surface area contributed by atoms with Gasteiger partial charge in [-0.1, -0.05) is 0 Å². The van der Waals surface area contributed by atoms with Crippen LogP contribution in [0.3, 0.4) is 0 Å². The zero-order chi connectivity index (χ0) is 8.55. The molecule has 64 valence electrons. The molecule has 0 atom stereocenters. The maximum atomic E-state index is 13.1. The van der Waals surface area contributed by atoms with Crippen molar-refractivity contribution in [3.63, 3.8) is 0 Å². The Kier molecular flexibility index (Phi) is 1.64. The van der Waals surface area contributed by atoms with E-state index in [9.17, 15) is 9.50 Å². The van der Waals surface area contributed by atoms with Crippen molar-refractivity contribution in [1.82, 2.24) is 0 Å². The van der Waals surface area contributed by atoms with E-state index in [2.05, 4.69) is 5.32 Å². The van der Waals surface area contributed by atoms with Gasteiger partial charge in [-0.2, -0.15) is 0 Å². The van der Waals surface area contributed by atoms with Crippen molar-refractivity contribution in [1.29, 1.82) is 0 Å². The lowest BCUT2D eigenvalue weighted by Gasteiger charge is -2.19. The van der Waals surface area contributed by atoms with E-state index in [0.717, 1.165) is 13.0 Å². The third-order valence-corrected chi connectivity index (χ3v) is 2.14. The lowest BCUT2D eigenvalue weighted by molar-refractivity contribution is 0.472. The number of fused-ring (bicyclic) bond motifs is 1. The maximum Gasteiger partial charge on any atom is 0.139 e. The van der Waals surface area contributed by atoms with Gasteiger partial charge in [0, 0.05) is 12.1 Å². The van der Waals surface area contributed by atoms with E-state index >= 15 is 0 Å². The summed E-state index contributed by atoms with van der Waals surface area (Å²) in [5.41, 5.74) is 1.18. The van der Waals surface area contributed by atoms with E-state index in [-0.39, 0.29) is 11.6 Å². The molecule has 2 rings (SSSR count). The summed E-state index contributed by atoms with van der Waals surface area (Å²) in [6.45, 7) is 0.810. The monoisotopic (exact) mass is 167 g/mol. The van der Waals surface area contributed by atoms with Gasteiger partial charge >= 0.3 is 0 Å². The van der Waals surface area contributed by atoms with Crippen molar-refractivity contribution in [2.75, 3.05) is 11.9 Å². The van der Waals surface area contributed by atoms with Crippen molar-refractivity contribution in [3.8, 4) is 5.75 Å². The largest absolute Gasteiger partial charge is 0.506 e. The SMILES string of the molecule is Oc1ccc(F)c2c1NCCC2. The first-order valence-corrected chi connectivity index (χ1v) is 4.03. The highest BCUT2D eigenvalue weighted by molar-refractivity contribution is 5.63. The second kappa shape index (κ2) is 2.66. The van der Waals surface area contributed by atoms with Crippen LogP contribution in [-0.2, 0) is 6.42 Å². The number of phenols is 1. The normalized spacial score (nSPS) is 15.1. The fourth-order valence-electron chi connectivity index (χ4n) is 1.53. The molecule has 0 unspecified atom stereocenters. The van der Waals surface area contributed by atoms with Gasteiger partial charge in [-0.15, -0.1) is 0 Å². The number of hydrogen-bond donors (Lipinski definition) is 2. The highest BCUT2D eigenvalue weighted by Crippen LogP contribution is 2.32. The quantitative estimate of drug-likeness (QED) is 0.578. The predicted molar refractivity (Wildman–Crippen MR) is 44.9 cm³/mol. The number of benzene rings is 1. The summed E-state index contributed by atoms with van der Waals surface area (Å²) in [4.78, 5) is 0. The molecule has 1 aromatic rings. The van der Waals surface area contributed by atoms with Crippen LogP contribution in [0.15, 0.2) is 12.1 Å². The van der Waals surface area contributed by atoms with Gasteiger partial charge in [0.1, 0.15) is 11.6 Å². The van der Waals surface area contributed by atoms with Gasteiger partial charge in [-0.3, -0.25) is 0 Å². The Hall–Kier alpha value is -1.25. The van der Waals surface area contributed by atoms with Gasteiger partial charge in [0.05, 0.1) is 5.69 Å². The molecule has 12 heavy (non-hydrogen) atoms. The molecule has 1 heterocycles. The Morgan fingerprint density at radius 1 is 1.42 bits per heavy atom. The number of nitrogens with one attached hydrogen (secondary N) is 1. The van der Waals surface area contributed by atoms with Gasteiger partial charge in [0.25, 0.3) is 0 Å². The van der Waals surface area contributed by atoms with Crippen molar-refractivity contribution < 1.29 is 9.50 Å². The van der Waals surface area contributed by atoms with Crippen LogP contribution in [0, 0.1) is 5.82 Å². The highest BCUT2D eigenvalue weighted by Gasteiger charge is 2.15. The zero-order valence-corrected chi connectivity index (χ0v) is 6.60. The van der Waals surface area contributed by atoms with Gasteiger partial charge < -0.3 is 10.4 Å². The summed E-state index contributed by atoms with van der Waals surface area (Å²) in [7, 11) is 0. The number of aromatic hydroxyl groups is 1. The smallest absolute Gasteiger partial charge is 0.139 e. The molecule has 2 N–H and O–H groups in total. The number of rotatable bonds is 0. The summed E-state index contributed by atoms with van der Waals surface area (Å²) in [5, 5.41) is 12.3. The van der Waals surface area contributed by atoms with Gasteiger partial charge in [-0.25, -0.2) is 4.39 Å².